The molecule has 0 aromatic carbocycles. The van der Waals surface area contributed by atoms with Crippen molar-refractivity contribution in [2.75, 3.05) is 13.1 Å². The first-order valence-corrected chi connectivity index (χ1v) is 8.10. The van der Waals surface area contributed by atoms with E-state index >= 15 is 0 Å². The Kier molecular flexibility index (Phi) is 3.61. The van der Waals surface area contributed by atoms with Crippen molar-refractivity contribution >= 4 is 5.91 Å². The van der Waals surface area contributed by atoms with Gasteiger partial charge in [0.25, 0.3) is 5.91 Å². The molecular formula is C17H20N4O2. The van der Waals surface area contributed by atoms with Gasteiger partial charge < -0.3 is 9.42 Å². The molecule has 4 heterocycles. The Labute approximate surface area is 135 Å². The maximum Gasteiger partial charge on any atom is 0.292 e. The Morgan fingerprint density at radius 1 is 1.26 bits per heavy atom. The standard InChI is InChI=1S/C17H20N4O2/c1-12-3-2-4-13(19-12)11-20-9-6-15-14(20)7-10-21(15)17(22)16-5-8-18-23-16/h2-5,8,14-15H,6-7,9-11H2,1H3/t14-,15+/m0/s1. The second kappa shape index (κ2) is 5.77. The molecule has 0 bridgehead atoms. The Morgan fingerprint density at radius 3 is 2.91 bits per heavy atom. The first-order chi connectivity index (χ1) is 11.2. The van der Waals surface area contributed by atoms with Gasteiger partial charge in [-0.15, -0.1) is 0 Å². The van der Waals surface area contributed by atoms with Crippen LogP contribution in [0.3, 0.4) is 0 Å². The summed E-state index contributed by atoms with van der Waals surface area (Å²) in [6, 6.07) is 8.48. The Hall–Kier alpha value is -2.21. The molecule has 0 unspecified atom stereocenters. The lowest BCUT2D eigenvalue weighted by molar-refractivity contribution is 0.0689. The Balaban J connectivity index is 1.46. The number of fused-ring (bicyclic) bond motifs is 1. The van der Waals surface area contributed by atoms with Gasteiger partial charge in [0.2, 0.25) is 5.76 Å². The molecule has 0 spiro atoms. The van der Waals surface area contributed by atoms with Crippen molar-refractivity contribution in [1.29, 1.82) is 0 Å². The van der Waals surface area contributed by atoms with Gasteiger partial charge in [-0.2, -0.15) is 0 Å². The van der Waals surface area contributed by atoms with Gasteiger partial charge in [0.05, 0.1) is 11.9 Å². The minimum Gasteiger partial charge on any atom is -0.351 e. The lowest BCUT2D eigenvalue weighted by Gasteiger charge is -2.24. The maximum atomic E-state index is 12.5. The fourth-order valence-electron chi connectivity index (χ4n) is 3.89. The van der Waals surface area contributed by atoms with E-state index in [1.165, 1.54) is 6.20 Å². The third-order valence-electron chi connectivity index (χ3n) is 4.91. The number of amides is 1. The number of aromatic nitrogens is 2. The van der Waals surface area contributed by atoms with E-state index in [0.717, 1.165) is 43.9 Å². The predicted molar refractivity (Wildman–Crippen MR) is 83.7 cm³/mol. The average molecular weight is 312 g/mol. The first-order valence-electron chi connectivity index (χ1n) is 8.10. The third kappa shape index (κ3) is 2.63. The molecule has 2 aromatic rings. The SMILES string of the molecule is Cc1cccc(CN2CC[C@@H]3[C@@H]2CCN3C(=O)c2ccno2)n1. The van der Waals surface area contributed by atoms with Crippen LogP contribution in [0.5, 0.6) is 0 Å². The van der Waals surface area contributed by atoms with Crippen LogP contribution < -0.4 is 0 Å². The molecule has 0 saturated carbocycles. The number of rotatable bonds is 3. The molecule has 23 heavy (non-hydrogen) atoms. The number of aryl methyl sites for hydroxylation is 1. The van der Waals surface area contributed by atoms with Gasteiger partial charge in [-0.1, -0.05) is 11.2 Å². The average Bonchev–Trinajstić information content (AvgIpc) is 3.25. The van der Waals surface area contributed by atoms with Crippen LogP contribution in [0.4, 0.5) is 0 Å². The zero-order chi connectivity index (χ0) is 15.8. The van der Waals surface area contributed by atoms with E-state index in [1.54, 1.807) is 6.07 Å². The topological polar surface area (TPSA) is 62.5 Å². The smallest absolute Gasteiger partial charge is 0.292 e. The monoisotopic (exact) mass is 312 g/mol. The molecule has 2 aliphatic rings. The molecule has 2 atom stereocenters. The van der Waals surface area contributed by atoms with E-state index in [0.29, 0.717) is 11.8 Å². The number of hydrogen-bond acceptors (Lipinski definition) is 5. The largest absolute Gasteiger partial charge is 0.351 e. The molecule has 2 fully saturated rings. The van der Waals surface area contributed by atoms with E-state index in [9.17, 15) is 4.79 Å². The van der Waals surface area contributed by atoms with Crippen LogP contribution in [-0.2, 0) is 6.54 Å². The van der Waals surface area contributed by atoms with Crippen LogP contribution in [0, 0.1) is 6.92 Å². The third-order valence-corrected chi connectivity index (χ3v) is 4.91. The molecular weight excluding hydrogens is 292 g/mol. The Morgan fingerprint density at radius 2 is 2.13 bits per heavy atom. The van der Waals surface area contributed by atoms with Crippen LogP contribution in [0.25, 0.3) is 0 Å². The van der Waals surface area contributed by atoms with Crippen molar-refractivity contribution in [3.8, 4) is 0 Å². The fourth-order valence-corrected chi connectivity index (χ4v) is 3.89. The zero-order valence-corrected chi connectivity index (χ0v) is 13.2. The summed E-state index contributed by atoms with van der Waals surface area (Å²) in [5.74, 6) is 0.301. The van der Waals surface area contributed by atoms with Crippen LogP contribution in [0.1, 0.15) is 34.8 Å². The quantitative estimate of drug-likeness (QED) is 0.866. The highest BCUT2D eigenvalue weighted by molar-refractivity contribution is 5.91. The van der Waals surface area contributed by atoms with Gasteiger partial charge in [0, 0.05) is 43.5 Å². The second-order valence-electron chi connectivity index (χ2n) is 6.33. The Bertz CT molecular complexity index is 700. The summed E-state index contributed by atoms with van der Waals surface area (Å²) in [5.41, 5.74) is 2.15. The molecule has 2 saturated heterocycles. The molecule has 1 amide bonds. The van der Waals surface area contributed by atoms with E-state index in [-0.39, 0.29) is 11.9 Å². The second-order valence-corrected chi connectivity index (χ2v) is 6.33. The van der Waals surface area contributed by atoms with E-state index < -0.39 is 0 Å². The number of likely N-dealkylation sites (tertiary alicyclic amines) is 2. The molecule has 120 valence electrons. The maximum absolute atomic E-state index is 12.5. The van der Waals surface area contributed by atoms with E-state index in [2.05, 4.69) is 27.2 Å². The number of hydrogen-bond donors (Lipinski definition) is 0. The minimum atomic E-state index is -0.0365. The van der Waals surface area contributed by atoms with Gasteiger partial charge in [-0.3, -0.25) is 14.7 Å². The van der Waals surface area contributed by atoms with Crippen LogP contribution in [-0.4, -0.2) is 51.0 Å². The molecule has 2 aromatic heterocycles. The van der Waals surface area contributed by atoms with Crippen LogP contribution in [0.2, 0.25) is 0 Å². The predicted octanol–water partition coefficient (Wildman–Crippen LogP) is 1.87. The summed E-state index contributed by atoms with van der Waals surface area (Å²) in [6.07, 6.45) is 3.54. The zero-order valence-electron chi connectivity index (χ0n) is 13.2. The number of carbonyl (C=O) groups is 1. The summed E-state index contributed by atoms with van der Waals surface area (Å²) in [6.45, 7) is 4.66. The highest BCUT2D eigenvalue weighted by Crippen LogP contribution is 2.33. The summed E-state index contributed by atoms with van der Waals surface area (Å²) in [7, 11) is 0. The fraction of sp³-hybridized carbons (Fsp3) is 0.471. The number of pyridine rings is 1. The van der Waals surface area contributed by atoms with Crippen molar-refractivity contribution in [2.24, 2.45) is 0 Å². The summed E-state index contributed by atoms with van der Waals surface area (Å²) >= 11 is 0. The van der Waals surface area contributed by atoms with Gasteiger partial charge in [0.1, 0.15) is 0 Å². The lowest BCUT2D eigenvalue weighted by atomic mass is 10.1. The summed E-state index contributed by atoms with van der Waals surface area (Å²) in [4.78, 5) is 21.5. The first kappa shape index (κ1) is 14.4. The van der Waals surface area contributed by atoms with Crippen molar-refractivity contribution in [3.05, 3.63) is 47.6 Å². The lowest BCUT2D eigenvalue weighted by Crippen LogP contribution is -2.39. The van der Waals surface area contributed by atoms with E-state index in [4.69, 9.17) is 4.52 Å². The molecule has 4 rings (SSSR count). The van der Waals surface area contributed by atoms with Gasteiger partial charge in [0.15, 0.2) is 0 Å². The molecule has 0 radical (unpaired) electrons. The molecule has 2 aliphatic heterocycles. The summed E-state index contributed by atoms with van der Waals surface area (Å²) < 4.78 is 5.03. The van der Waals surface area contributed by atoms with Crippen molar-refractivity contribution < 1.29 is 9.32 Å². The van der Waals surface area contributed by atoms with E-state index in [1.807, 2.05) is 17.9 Å². The van der Waals surface area contributed by atoms with Crippen LogP contribution in [0.15, 0.2) is 35.0 Å². The van der Waals surface area contributed by atoms with Gasteiger partial charge in [-0.05, 0) is 31.9 Å². The van der Waals surface area contributed by atoms with Crippen LogP contribution >= 0.6 is 0 Å². The number of carbonyl (C=O) groups excluding carboxylic acids is 1. The molecule has 6 heteroatoms. The molecule has 0 N–H and O–H groups in total. The molecule has 0 aliphatic carbocycles. The highest BCUT2D eigenvalue weighted by Gasteiger charge is 2.45. The van der Waals surface area contributed by atoms with Gasteiger partial charge in [-0.25, -0.2) is 0 Å². The van der Waals surface area contributed by atoms with Crippen molar-refractivity contribution in [3.63, 3.8) is 0 Å². The van der Waals surface area contributed by atoms with Crippen molar-refractivity contribution in [1.82, 2.24) is 19.9 Å². The van der Waals surface area contributed by atoms with Crippen molar-refractivity contribution in [2.45, 2.75) is 38.4 Å². The molecule has 6 nitrogen and oxygen atoms in total. The highest BCUT2D eigenvalue weighted by atomic mass is 16.5. The summed E-state index contributed by atoms with van der Waals surface area (Å²) in [5, 5.41) is 3.64. The normalized spacial score (nSPS) is 24.1. The van der Waals surface area contributed by atoms with Gasteiger partial charge >= 0.3 is 0 Å². The minimum absolute atomic E-state index is 0.0365. The number of nitrogens with zero attached hydrogens (tertiary/aromatic N) is 4.